The molecule has 11 heavy (non-hydrogen) atoms. The van der Waals surface area contributed by atoms with Crippen LogP contribution in [0.4, 0.5) is 8.78 Å². The lowest BCUT2D eigenvalue weighted by atomic mass is 10.2. The average Bonchev–Trinajstić information content (AvgIpc) is 1.95. The van der Waals surface area contributed by atoms with Crippen LogP contribution in [0.25, 0.3) is 0 Å². The number of hydrogen-bond donors (Lipinski definition) is 0. The molecule has 0 spiro atoms. The van der Waals surface area contributed by atoms with Gasteiger partial charge in [-0.25, -0.2) is 14.1 Å². The number of nitrogens with zero attached hydrogens (tertiary/aromatic N) is 1. The van der Waals surface area contributed by atoms with Crippen LogP contribution in [0.15, 0.2) is 18.2 Å². The minimum atomic E-state index is -0.553. The van der Waals surface area contributed by atoms with E-state index in [0.29, 0.717) is 12.1 Å². The summed E-state index contributed by atoms with van der Waals surface area (Å²) < 4.78 is 25.1. The van der Waals surface area contributed by atoms with Crippen LogP contribution in [0.1, 0.15) is 5.56 Å². The number of rotatable bonds is 2. The van der Waals surface area contributed by atoms with Gasteiger partial charge in [-0.3, -0.25) is 0 Å². The van der Waals surface area contributed by atoms with Crippen molar-refractivity contribution in [2.45, 2.75) is 6.54 Å². The maximum atomic E-state index is 12.7. The van der Waals surface area contributed by atoms with Crippen molar-refractivity contribution in [2.24, 2.45) is 0 Å². The van der Waals surface area contributed by atoms with E-state index < -0.39 is 11.6 Å². The van der Waals surface area contributed by atoms with Crippen LogP contribution < -0.4 is 5.32 Å². The predicted octanol–water partition coefficient (Wildman–Crippen LogP) is 1.70. The zero-order valence-electron chi connectivity index (χ0n) is 6.14. The summed E-state index contributed by atoms with van der Waals surface area (Å²) in [6, 6.07) is 3.49. The fourth-order valence-corrected chi connectivity index (χ4v) is 0.820. The van der Waals surface area contributed by atoms with Crippen LogP contribution >= 0.6 is 0 Å². The van der Waals surface area contributed by atoms with Crippen LogP contribution in [-0.4, -0.2) is 7.05 Å². The van der Waals surface area contributed by atoms with Crippen molar-refractivity contribution in [1.29, 1.82) is 0 Å². The second-order valence-electron chi connectivity index (χ2n) is 2.21. The van der Waals surface area contributed by atoms with Crippen LogP contribution in [0.3, 0.4) is 0 Å². The lowest BCUT2D eigenvalue weighted by Gasteiger charge is -1.99. The van der Waals surface area contributed by atoms with Crippen molar-refractivity contribution in [1.82, 2.24) is 5.32 Å². The van der Waals surface area contributed by atoms with E-state index in [1.54, 1.807) is 7.05 Å². The molecule has 1 aromatic rings. The molecule has 1 aromatic carbocycles. The van der Waals surface area contributed by atoms with Crippen molar-refractivity contribution in [3.8, 4) is 0 Å². The Hall–Kier alpha value is -0.960. The minimum absolute atomic E-state index is 0.298. The highest BCUT2D eigenvalue weighted by Gasteiger charge is 2.01. The van der Waals surface area contributed by atoms with Crippen LogP contribution in [0, 0.1) is 11.6 Å². The van der Waals surface area contributed by atoms with Gasteiger partial charge in [0.2, 0.25) is 0 Å². The van der Waals surface area contributed by atoms with Crippen LogP contribution in [0.2, 0.25) is 0 Å². The van der Waals surface area contributed by atoms with Gasteiger partial charge >= 0.3 is 0 Å². The molecule has 0 N–H and O–H groups in total. The largest absolute Gasteiger partial charge is 0.240 e. The number of halogens is 2. The zero-order valence-corrected chi connectivity index (χ0v) is 6.14. The average molecular weight is 156 g/mol. The van der Waals surface area contributed by atoms with Gasteiger partial charge in [-0.1, -0.05) is 6.07 Å². The third-order valence-electron chi connectivity index (χ3n) is 1.34. The van der Waals surface area contributed by atoms with Crippen molar-refractivity contribution in [3.05, 3.63) is 35.4 Å². The number of hydrogen-bond acceptors (Lipinski definition) is 0. The molecule has 0 aliphatic heterocycles. The van der Waals surface area contributed by atoms with Crippen molar-refractivity contribution in [3.63, 3.8) is 0 Å². The Morgan fingerprint density at radius 3 is 2.64 bits per heavy atom. The van der Waals surface area contributed by atoms with E-state index in [9.17, 15) is 8.78 Å². The lowest BCUT2D eigenvalue weighted by molar-refractivity contribution is 0.566. The normalized spacial score (nSPS) is 10.1. The van der Waals surface area contributed by atoms with Crippen LogP contribution in [0.5, 0.6) is 0 Å². The molecule has 0 aliphatic carbocycles. The summed E-state index contributed by atoms with van der Waals surface area (Å²) in [7, 11) is 1.59. The fourth-order valence-electron chi connectivity index (χ4n) is 0.820. The lowest BCUT2D eigenvalue weighted by Crippen LogP contribution is -1.99. The molecule has 0 unspecified atom stereocenters. The van der Waals surface area contributed by atoms with Crippen LogP contribution in [-0.2, 0) is 6.54 Å². The summed E-state index contributed by atoms with van der Waals surface area (Å²) in [5.74, 6) is -1.09. The molecule has 0 aliphatic rings. The highest BCUT2D eigenvalue weighted by molar-refractivity contribution is 5.18. The summed E-state index contributed by atoms with van der Waals surface area (Å²) in [6.07, 6.45) is 0. The molecule has 0 heterocycles. The van der Waals surface area contributed by atoms with Gasteiger partial charge in [-0.2, -0.15) is 0 Å². The molecule has 1 rings (SSSR count). The summed E-state index contributed by atoms with van der Waals surface area (Å²) in [5, 5.41) is 3.73. The van der Waals surface area contributed by atoms with Gasteiger partial charge in [-0.15, -0.1) is 0 Å². The molecular weight excluding hydrogens is 148 g/mol. The Labute approximate surface area is 64.0 Å². The second kappa shape index (κ2) is 3.44. The SMILES string of the molecule is C[N]Cc1ccc(F)cc1F. The van der Waals surface area contributed by atoms with Gasteiger partial charge in [0.15, 0.2) is 0 Å². The van der Waals surface area contributed by atoms with Gasteiger partial charge in [0.25, 0.3) is 0 Å². The Bertz CT molecular complexity index is 248. The highest BCUT2D eigenvalue weighted by atomic mass is 19.1. The molecule has 0 aromatic heterocycles. The second-order valence-corrected chi connectivity index (χ2v) is 2.21. The molecule has 59 valence electrons. The van der Waals surface area contributed by atoms with E-state index >= 15 is 0 Å². The first kappa shape index (κ1) is 8.14. The van der Waals surface area contributed by atoms with Gasteiger partial charge in [0, 0.05) is 25.2 Å². The highest BCUT2D eigenvalue weighted by Crippen LogP contribution is 2.08. The maximum absolute atomic E-state index is 12.7. The third-order valence-corrected chi connectivity index (χ3v) is 1.34. The fraction of sp³-hybridized carbons (Fsp3) is 0.250. The van der Waals surface area contributed by atoms with Gasteiger partial charge in [-0.05, 0) is 6.07 Å². The van der Waals surface area contributed by atoms with Crippen molar-refractivity contribution in [2.75, 3.05) is 7.05 Å². The standard InChI is InChI=1S/C8H8F2N/c1-11-5-6-2-3-7(9)4-8(6)10/h2-4H,5H2,1H3. The summed E-state index contributed by atoms with van der Waals surface area (Å²) in [4.78, 5) is 0. The molecule has 1 radical (unpaired) electrons. The van der Waals surface area contributed by atoms with Crippen molar-refractivity contribution >= 4 is 0 Å². The molecule has 0 fully saturated rings. The van der Waals surface area contributed by atoms with Gasteiger partial charge in [0.05, 0.1) is 0 Å². The Morgan fingerprint density at radius 1 is 1.36 bits per heavy atom. The Balaban J connectivity index is 2.90. The summed E-state index contributed by atoms with van der Waals surface area (Å²) in [5.41, 5.74) is 0.425. The van der Waals surface area contributed by atoms with E-state index in [2.05, 4.69) is 5.32 Å². The molecule has 0 amide bonds. The number of benzene rings is 1. The first-order valence-electron chi connectivity index (χ1n) is 3.23. The predicted molar refractivity (Wildman–Crippen MR) is 38.1 cm³/mol. The van der Waals surface area contributed by atoms with Crippen molar-refractivity contribution < 1.29 is 8.78 Å². The molecule has 0 bridgehead atoms. The Morgan fingerprint density at radius 2 is 2.09 bits per heavy atom. The summed E-state index contributed by atoms with van der Waals surface area (Å²) >= 11 is 0. The van der Waals surface area contributed by atoms with Gasteiger partial charge in [0.1, 0.15) is 11.6 Å². The molecule has 0 atom stereocenters. The summed E-state index contributed by atoms with van der Waals surface area (Å²) in [6.45, 7) is 0.298. The zero-order chi connectivity index (χ0) is 8.27. The van der Waals surface area contributed by atoms with E-state index in [0.717, 1.165) is 6.07 Å². The van der Waals surface area contributed by atoms with E-state index in [1.165, 1.54) is 12.1 Å². The smallest absolute Gasteiger partial charge is 0.130 e. The first-order chi connectivity index (χ1) is 5.24. The van der Waals surface area contributed by atoms with Gasteiger partial charge < -0.3 is 0 Å². The third kappa shape index (κ3) is 1.98. The molecule has 1 nitrogen and oxygen atoms in total. The Kier molecular flexibility index (Phi) is 2.54. The molecular formula is C8H8F2N. The van der Waals surface area contributed by atoms with E-state index in [1.807, 2.05) is 0 Å². The first-order valence-corrected chi connectivity index (χ1v) is 3.23. The quantitative estimate of drug-likeness (QED) is 0.618. The maximum Gasteiger partial charge on any atom is 0.130 e. The minimum Gasteiger partial charge on any atom is -0.240 e. The molecule has 0 saturated carbocycles. The molecule has 3 heteroatoms. The van der Waals surface area contributed by atoms with E-state index in [4.69, 9.17) is 0 Å². The molecule has 0 saturated heterocycles. The monoisotopic (exact) mass is 156 g/mol. The topological polar surface area (TPSA) is 14.1 Å². The van der Waals surface area contributed by atoms with E-state index in [-0.39, 0.29) is 0 Å².